The van der Waals surface area contributed by atoms with Crippen LogP contribution in [0.25, 0.3) is 22.5 Å². The summed E-state index contributed by atoms with van der Waals surface area (Å²) >= 11 is 0. The van der Waals surface area contributed by atoms with Crippen molar-refractivity contribution in [2.75, 3.05) is 7.11 Å². The van der Waals surface area contributed by atoms with Gasteiger partial charge in [0.2, 0.25) is 5.76 Å². The number of rotatable bonds is 5. The van der Waals surface area contributed by atoms with E-state index in [-0.39, 0.29) is 17.7 Å². The summed E-state index contributed by atoms with van der Waals surface area (Å²) < 4.78 is 15.8. The van der Waals surface area contributed by atoms with Gasteiger partial charge in [-0.05, 0) is 24.3 Å². The highest BCUT2D eigenvalue weighted by molar-refractivity contribution is 6.05. The lowest BCUT2D eigenvalue weighted by atomic mass is 10.1. The van der Waals surface area contributed by atoms with Crippen LogP contribution in [0.3, 0.4) is 0 Å². The molecule has 1 N–H and O–H groups in total. The number of hydrogen-bond acceptors (Lipinski definition) is 6. The van der Waals surface area contributed by atoms with Crippen LogP contribution in [0.2, 0.25) is 0 Å². The first-order valence-electron chi connectivity index (χ1n) is 8.56. The second-order valence-corrected chi connectivity index (χ2v) is 6.05. The average molecular weight is 376 g/mol. The lowest BCUT2D eigenvalue weighted by Gasteiger charge is -2.07. The molecule has 140 valence electrons. The van der Waals surface area contributed by atoms with Crippen molar-refractivity contribution in [3.63, 3.8) is 0 Å². The van der Waals surface area contributed by atoms with E-state index < -0.39 is 11.9 Å². The van der Waals surface area contributed by atoms with Crippen LogP contribution in [0, 0.1) is 0 Å². The van der Waals surface area contributed by atoms with Crippen molar-refractivity contribution in [2.24, 2.45) is 0 Å². The first-order chi connectivity index (χ1) is 13.7. The summed E-state index contributed by atoms with van der Waals surface area (Å²) in [6.07, 6.45) is 0. The van der Waals surface area contributed by atoms with Crippen LogP contribution in [0.5, 0.6) is 0 Å². The molecule has 0 radical (unpaired) electrons. The van der Waals surface area contributed by atoms with E-state index in [1.807, 2.05) is 30.3 Å². The van der Waals surface area contributed by atoms with Crippen molar-refractivity contribution in [2.45, 2.75) is 6.54 Å². The number of amides is 1. The third-order valence-electron chi connectivity index (χ3n) is 4.23. The molecule has 0 spiro atoms. The predicted octanol–water partition coefficient (Wildman–Crippen LogP) is 3.80. The fourth-order valence-electron chi connectivity index (χ4n) is 2.85. The maximum atomic E-state index is 12.5. The topological polar surface area (TPSA) is 94.6 Å². The van der Waals surface area contributed by atoms with Gasteiger partial charge in [0.1, 0.15) is 11.3 Å². The number of fused-ring (bicyclic) bond motifs is 1. The van der Waals surface area contributed by atoms with Gasteiger partial charge in [0.15, 0.2) is 5.76 Å². The zero-order valence-corrected chi connectivity index (χ0v) is 15.0. The Morgan fingerprint density at radius 1 is 1.00 bits per heavy atom. The SMILES string of the molecule is COC(=O)c1ccccc1C(=O)NCc1cc(-c2cc3ccccc3o2)on1. The van der Waals surface area contributed by atoms with Gasteiger partial charge in [-0.3, -0.25) is 4.79 Å². The molecule has 2 heterocycles. The van der Waals surface area contributed by atoms with Crippen molar-refractivity contribution in [3.05, 3.63) is 77.5 Å². The molecule has 2 aromatic carbocycles. The number of nitrogens with one attached hydrogen (secondary N) is 1. The maximum absolute atomic E-state index is 12.5. The number of hydrogen-bond donors (Lipinski definition) is 1. The molecule has 7 nitrogen and oxygen atoms in total. The number of furan rings is 1. The fraction of sp³-hybridized carbons (Fsp3) is 0.0952. The molecular formula is C21H16N2O5. The second-order valence-electron chi connectivity index (χ2n) is 6.05. The summed E-state index contributed by atoms with van der Waals surface area (Å²) in [5.74, 6) is 0.0476. The zero-order valence-electron chi connectivity index (χ0n) is 15.0. The highest BCUT2D eigenvalue weighted by Gasteiger charge is 2.18. The Morgan fingerprint density at radius 3 is 2.54 bits per heavy atom. The summed E-state index contributed by atoms with van der Waals surface area (Å²) in [6, 6.07) is 17.6. The number of ether oxygens (including phenoxy) is 1. The molecule has 1 amide bonds. The Balaban J connectivity index is 1.48. The van der Waals surface area contributed by atoms with Gasteiger partial charge in [-0.15, -0.1) is 0 Å². The molecule has 7 heteroatoms. The average Bonchev–Trinajstić information content (AvgIpc) is 3.38. The van der Waals surface area contributed by atoms with Crippen LogP contribution in [0.4, 0.5) is 0 Å². The molecular weight excluding hydrogens is 360 g/mol. The van der Waals surface area contributed by atoms with Crippen LogP contribution < -0.4 is 5.32 Å². The molecule has 0 aliphatic carbocycles. The molecule has 0 aliphatic heterocycles. The minimum absolute atomic E-state index is 0.137. The van der Waals surface area contributed by atoms with Gasteiger partial charge in [-0.2, -0.15) is 0 Å². The minimum atomic E-state index is -0.570. The van der Waals surface area contributed by atoms with E-state index >= 15 is 0 Å². The Bertz CT molecular complexity index is 1130. The summed E-state index contributed by atoms with van der Waals surface area (Å²) in [5, 5.41) is 7.65. The third-order valence-corrected chi connectivity index (χ3v) is 4.23. The molecule has 4 rings (SSSR count). The van der Waals surface area contributed by atoms with Gasteiger partial charge >= 0.3 is 5.97 Å². The Labute approximate surface area is 159 Å². The first-order valence-corrected chi connectivity index (χ1v) is 8.56. The van der Waals surface area contributed by atoms with E-state index in [0.29, 0.717) is 17.2 Å². The van der Waals surface area contributed by atoms with E-state index in [4.69, 9.17) is 13.7 Å². The summed E-state index contributed by atoms with van der Waals surface area (Å²) in [4.78, 5) is 24.3. The number of aromatic nitrogens is 1. The molecule has 0 fully saturated rings. The number of carbonyl (C=O) groups is 2. The monoisotopic (exact) mass is 376 g/mol. The molecule has 2 aromatic heterocycles. The molecule has 0 aliphatic rings. The minimum Gasteiger partial charge on any atom is -0.465 e. The molecule has 0 atom stereocenters. The standard InChI is InChI=1S/C21H16N2O5/c1-26-21(25)16-8-4-3-7-15(16)20(24)22-12-14-11-19(28-23-14)18-10-13-6-2-5-9-17(13)27-18/h2-11H,12H2,1H3,(H,22,24). The smallest absolute Gasteiger partial charge is 0.338 e. The Kier molecular flexibility index (Phi) is 4.63. The lowest BCUT2D eigenvalue weighted by Crippen LogP contribution is -2.25. The Hall–Kier alpha value is -3.87. The van der Waals surface area contributed by atoms with Crippen molar-refractivity contribution < 1.29 is 23.3 Å². The van der Waals surface area contributed by atoms with Crippen molar-refractivity contribution in [1.29, 1.82) is 0 Å². The molecule has 0 unspecified atom stereocenters. The first kappa shape index (κ1) is 17.5. The Morgan fingerprint density at radius 2 is 1.75 bits per heavy atom. The van der Waals surface area contributed by atoms with Crippen LogP contribution in [0.1, 0.15) is 26.4 Å². The lowest BCUT2D eigenvalue weighted by molar-refractivity contribution is 0.0596. The summed E-state index contributed by atoms with van der Waals surface area (Å²) in [7, 11) is 1.27. The molecule has 0 bridgehead atoms. The van der Waals surface area contributed by atoms with Gasteiger partial charge in [-0.25, -0.2) is 4.79 Å². The molecule has 0 saturated carbocycles. The maximum Gasteiger partial charge on any atom is 0.338 e. The number of benzene rings is 2. The molecule has 0 saturated heterocycles. The quantitative estimate of drug-likeness (QED) is 0.532. The normalized spacial score (nSPS) is 10.8. The van der Waals surface area contributed by atoms with E-state index in [1.165, 1.54) is 13.2 Å². The number of para-hydroxylation sites is 1. The molecule has 28 heavy (non-hydrogen) atoms. The second kappa shape index (κ2) is 7.40. The number of methoxy groups -OCH3 is 1. The van der Waals surface area contributed by atoms with E-state index in [9.17, 15) is 9.59 Å². The van der Waals surface area contributed by atoms with Gasteiger partial charge in [0.05, 0.1) is 24.8 Å². The highest BCUT2D eigenvalue weighted by atomic mass is 16.5. The van der Waals surface area contributed by atoms with Crippen molar-refractivity contribution >= 4 is 22.8 Å². The van der Waals surface area contributed by atoms with Crippen molar-refractivity contribution in [1.82, 2.24) is 10.5 Å². The highest BCUT2D eigenvalue weighted by Crippen LogP contribution is 2.28. The number of esters is 1. The van der Waals surface area contributed by atoms with E-state index in [1.54, 1.807) is 24.3 Å². The van der Waals surface area contributed by atoms with Crippen molar-refractivity contribution in [3.8, 4) is 11.5 Å². The van der Waals surface area contributed by atoms with Crippen LogP contribution in [-0.2, 0) is 11.3 Å². The van der Waals surface area contributed by atoms with Gasteiger partial charge in [-0.1, -0.05) is 35.5 Å². The molecule has 4 aromatic rings. The van der Waals surface area contributed by atoms with Crippen LogP contribution in [-0.4, -0.2) is 24.1 Å². The third kappa shape index (κ3) is 3.37. The van der Waals surface area contributed by atoms with Gasteiger partial charge in [0.25, 0.3) is 5.91 Å². The predicted molar refractivity (Wildman–Crippen MR) is 101 cm³/mol. The van der Waals surface area contributed by atoms with Gasteiger partial charge < -0.3 is 19.0 Å². The van der Waals surface area contributed by atoms with E-state index in [2.05, 4.69) is 10.5 Å². The summed E-state index contributed by atoms with van der Waals surface area (Å²) in [5.41, 5.74) is 1.71. The summed E-state index contributed by atoms with van der Waals surface area (Å²) in [6.45, 7) is 0.137. The van der Waals surface area contributed by atoms with E-state index in [0.717, 1.165) is 11.0 Å². The van der Waals surface area contributed by atoms with Crippen LogP contribution >= 0.6 is 0 Å². The largest absolute Gasteiger partial charge is 0.465 e. The zero-order chi connectivity index (χ0) is 19.5. The number of nitrogens with zero attached hydrogens (tertiary/aromatic N) is 1. The van der Waals surface area contributed by atoms with Crippen LogP contribution in [0.15, 0.2) is 69.6 Å². The fourth-order valence-corrected chi connectivity index (χ4v) is 2.85. The van der Waals surface area contributed by atoms with Gasteiger partial charge in [0, 0.05) is 11.5 Å². The number of carbonyl (C=O) groups excluding carboxylic acids is 2.